The Hall–Kier alpha value is -0.630. The highest BCUT2D eigenvalue weighted by molar-refractivity contribution is 6.30. The largest absolute Gasteiger partial charge is 0.256 e. The SMILES string of the molecule is CCc1cnc(CC)c(Cl)n1. The molecule has 0 aromatic carbocycles. The van der Waals surface area contributed by atoms with E-state index in [0.29, 0.717) is 5.15 Å². The van der Waals surface area contributed by atoms with E-state index in [1.807, 2.05) is 13.8 Å². The second-order valence-electron chi connectivity index (χ2n) is 2.31. The molecule has 1 heterocycles. The van der Waals surface area contributed by atoms with Gasteiger partial charge in [0.25, 0.3) is 0 Å². The van der Waals surface area contributed by atoms with Gasteiger partial charge in [0.2, 0.25) is 0 Å². The van der Waals surface area contributed by atoms with Crippen molar-refractivity contribution in [3.63, 3.8) is 0 Å². The third-order valence-electron chi connectivity index (χ3n) is 1.55. The van der Waals surface area contributed by atoms with Gasteiger partial charge in [-0.05, 0) is 12.8 Å². The fourth-order valence-electron chi connectivity index (χ4n) is 0.833. The van der Waals surface area contributed by atoms with Crippen LogP contribution in [-0.4, -0.2) is 9.97 Å². The summed E-state index contributed by atoms with van der Waals surface area (Å²) in [5.41, 5.74) is 1.83. The number of hydrogen-bond acceptors (Lipinski definition) is 2. The van der Waals surface area contributed by atoms with Crippen molar-refractivity contribution >= 4 is 11.6 Å². The summed E-state index contributed by atoms with van der Waals surface area (Å²) in [6.07, 6.45) is 3.51. The van der Waals surface area contributed by atoms with Gasteiger partial charge in [0, 0.05) is 6.20 Å². The molecule has 11 heavy (non-hydrogen) atoms. The smallest absolute Gasteiger partial charge is 0.150 e. The Morgan fingerprint density at radius 1 is 1.36 bits per heavy atom. The highest BCUT2D eigenvalue weighted by atomic mass is 35.5. The number of nitrogens with zero attached hydrogens (tertiary/aromatic N) is 2. The molecule has 0 saturated carbocycles. The van der Waals surface area contributed by atoms with Gasteiger partial charge in [-0.1, -0.05) is 25.4 Å². The lowest BCUT2D eigenvalue weighted by molar-refractivity contribution is 0.937. The van der Waals surface area contributed by atoms with Gasteiger partial charge in [0.15, 0.2) is 5.15 Å². The van der Waals surface area contributed by atoms with Crippen LogP contribution in [0.3, 0.4) is 0 Å². The molecule has 0 aliphatic rings. The van der Waals surface area contributed by atoms with Crippen molar-refractivity contribution in [2.75, 3.05) is 0 Å². The molecular formula is C8H11ClN2. The quantitative estimate of drug-likeness (QED) is 0.681. The molecule has 0 unspecified atom stereocenters. The van der Waals surface area contributed by atoms with E-state index < -0.39 is 0 Å². The molecule has 3 heteroatoms. The highest BCUT2D eigenvalue weighted by Gasteiger charge is 2.00. The highest BCUT2D eigenvalue weighted by Crippen LogP contribution is 2.10. The van der Waals surface area contributed by atoms with Crippen LogP contribution in [0.1, 0.15) is 25.2 Å². The maximum absolute atomic E-state index is 5.83. The predicted molar refractivity (Wildman–Crippen MR) is 45.8 cm³/mol. The summed E-state index contributed by atoms with van der Waals surface area (Å²) < 4.78 is 0. The topological polar surface area (TPSA) is 25.8 Å². The van der Waals surface area contributed by atoms with Gasteiger partial charge in [-0.25, -0.2) is 4.98 Å². The van der Waals surface area contributed by atoms with Crippen LogP contribution in [0.5, 0.6) is 0 Å². The lowest BCUT2D eigenvalue weighted by atomic mass is 10.3. The molecule has 1 aromatic rings. The summed E-state index contributed by atoms with van der Waals surface area (Å²) >= 11 is 5.83. The first kappa shape index (κ1) is 8.47. The third kappa shape index (κ3) is 1.90. The minimum absolute atomic E-state index is 0.548. The Kier molecular flexibility index (Phi) is 2.83. The zero-order chi connectivity index (χ0) is 8.27. The van der Waals surface area contributed by atoms with Crippen molar-refractivity contribution < 1.29 is 0 Å². The average molecular weight is 171 g/mol. The van der Waals surface area contributed by atoms with Crippen LogP contribution in [0.25, 0.3) is 0 Å². The van der Waals surface area contributed by atoms with Gasteiger partial charge in [0.1, 0.15) is 0 Å². The molecule has 60 valence electrons. The standard InChI is InChI=1S/C8H11ClN2/c1-3-6-5-10-7(4-2)8(9)11-6/h5H,3-4H2,1-2H3. The van der Waals surface area contributed by atoms with Gasteiger partial charge in [-0.2, -0.15) is 0 Å². The van der Waals surface area contributed by atoms with Crippen LogP contribution in [0, 0.1) is 0 Å². The van der Waals surface area contributed by atoms with Crippen molar-refractivity contribution in [1.82, 2.24) is 9.97 Å². The predicted octanol–water partition coefficient (Wildman–Crippen LogP) is 2.25. The summed E-state index contributed by atoms with van der Waals surface area (Å²) in [7, 11) is 0. The summed E-state index contributed by atoms with van der Waals surface area (Å²) in [5.74, 6) is 0. The first-order chi connectivity index (χ1) is 5.27. The van der Waals surface area contributed by atoms with E-state index in [-0.39, 0.29) is 0 Å². The maximum Gasteiger partial charge on any atom is 0.150 e. The summed E-state index contributed by atoms with van der Waals surface area (Å²) in [5, 5.41) is 0.548. The summed E-state index contributed by atoms with van der Waals surface area (Å²) in [4.78, 5) is 8.34. The van der Waals surface area contributed by atoms with E-state index in [1.165, 1.54) is 0 Å². The molecule has 0 saturated heterocycles. The van der Waals surface area contributed by atoms with Crippen molar-refractivity contribution in [2.24, 2.45) is 0 Å². The van der Waals surface area contributed by atoms with Crippen molar-refractivity contribution in [3.05, 3.63) is 22.7 Å². The van der Waals surface area contributed by atoms with Crippen LogP contribution in [-0.2, 0) is 12.8 Å². The Labute approximate surface area is 71.6 Å². The van der Waals surface area contributed by atoms with Crippen molar-refractivity contribution in [1.29, 1.82) is 0 Å². The van der Waals surface area contributed by atoms with Crippen LogP contribution in [0.2, 0.25) is 5.15 Å². The first-order valence-electron chi connectivity index (χ1n) is 3.78. The molecule has 1 aromatic heterocycles. The van der Waals surface area contributed by atoms with Crippen molar-refractivity contribution in [2.45, 2.75) is 26.7 Å². The summed E-state index contributed by atoms with van der Waals surface area (Å²) in [6.45, 7) is 4.05. The average Bonchev–Trinajstić information content (AvgIpc) is 2.04. The lowest BCUT2D eigenvalue weighted by Gasteiger charge is -2.00. The number of rotatable bonds is 2. The molecule has 2 nitrogen and oxygen atoms in total. The maximum atomic E-state index is 5.83. The molecule has 0 bridgehead atoms. The fourth-order valence-corrected chi connectivity index (χ4v) is 1.12. The van der Waals surface area contributed by atoms with Crippen molar-refractivity contribution in [3.8, 4) is 0 Å². The molecule has 0 radical (unpaired) electrons. The zero-order valence-corrected chi connectivity index (χ0v) is 7.52. The Bertz CT molecular complexity index is 248. The molecule has 1 rings (SSSR count). The molecule has 0 atom stereocenters. The zero-order valence-electron chi connectivity index (χ0n) is 6.76. The number of halogens is 1. The van der Waals surface area contributed by atoms with Crippen LogP contribution < -0.4 is 0 Å². The summed E-state index contributed by atoms with van der Waals surface area (Å²) in [6, 6.07) is 0. The second-order valence-corrected chi connectivity index (χ2v) is 2.66. The van der Waals surface area contributed by atoms with Gasteiger partial charge in [-0.3, -0.25) is 4.98 Å². The lowest BCUT2D eigenvalue weighted by Crippen LogP contribution is -1.95. The van der Waals surface area contributed by atoms with Crippen LogP contribution >= 0.6 is 11.6 Å². The van der Waals surface area contributed by atoms with E-state index >= 15 is 0 Å². The Balaban J connectivity index is 2.99. The van der Waals surface area contributed by atoms with E-state index in [0.717, 1.165) is 24.2 Å². The number of aryl methyl sites for hydroxylation is 2. The van der Waals surface area contributed by atoms with Gasteiger partial charge in [0.05, 0.1) is 11.4 Å². The van der Waals surface area contributed by atoms with E-state index in [4.69, 9.17) is 11.6 Å². The minimum Gasteiger partial charge on any atom is -0.256 e. The number of hydrogen-bond donors (Lipinski definition) is 0. The van der Waals surface area contributed by atoms with Crippen LogP contribution in [0.15, 0.2) is 6.20 Å². The minimum atomic E-state index is 0.548. The molecule has 0 aliphatic heterocycles. The monoisotopic (exact) mass is 170 g/mol. The van der Waals surface area contributed by atoms with Gasteiger partial charge >= 0.3 is 0 Å². The van der Waals surface area contributed by atoms with Gasteiger partial charge in [-0.15, -0.1) is 0 Å². The Morgan fingerprint density at radius 3 is 2.55 bits per heavy atom. The van der Waals surface area contributed by atoms with Gasteiger partial charge < -0.3 is 0 Å². The normalized spacial score (nSPS) is 10.1. The second kappa shape index (κ2) is 3.67. The fraction of sp³-hybridized carbons (Fsp3) is 0.500. The molecular weight excluding hydrogens is 160 g/mol. The van der Waals surface area contributed by atoms with E-state index in [9.17, 15) is 0 Å². The Morgan fingerprint density at radius 2 is 2.09 bits per heavy atom. The van der Waals surface area contributed by atoms with Crippen LogP contribution in [0.4, 0.5) is 0 Å². The first-order valence-corrected chi connectivity index (χ1v) is 4.16. The van der Waals surface area contributed by atoms with E-state index in [2.05, 4.69) is 9.97 Å². The molecule has 0 aliphatic carbocycles. The molecule has 0 fully saturated rings. The third-order valence-corrected chi connectivity index (χ3v) is 1.85. The molecule has 0 spiro atoms. The molecule has 0 N–H and O–H groups in total. The van der Waals surface area contributed by atoms with E-state index in [1.54, 1.807) is 6.20 Å². The number of aromatic nitrogens is 2. The molecule has 0 amide bonds.